The van der Waals surface area contributed by atoms with Crippen molar-refractivity contribution in [2.45, 2.75) is 13.3 Å². The molecule has 0 aromatic carbocycles. The van der Waals surface area contributed by atoms with Gasteiger partial charge in [-0.15, -0.1) is 0 Å². The number of nitrogens with zero attached hydrogens (tertiary/aromatic N) is 1. The van der Waals surface area contributed by atoms with Gasteiger partial charge in [0.25, 0.3) is 0 Å². The predicted molar refractivity (Wildman–Crippen MR) is 52.8 cm³/mol. The van der Waals surface area contributed by atoms with Gasteiger partial charge in [-0.25, -0.2) is 0 Å². The van der Waals surface area contributed by atoms with Gasteiger partial charge in [-0.05, 0) is 0 Å². The van der Waals surface area contributed by atoms with Crippen molar-refractivity contribution in [3.63, 3.8) is 0 Å². The van der Waals surface area contributed by atoms with Crippen LogP contribution in [-0.2, 0) is 9.53 Å². The van der Waals surface area contributed by atoms with Gasteiger partial charge in [0.2, 0.25) is 0 Å². The molecule has 4 nitrogen and oxygen atoms in total. The molecule has 0 aromatic heterocycles. The van der Waals surface area contributed by atoms with Crippen molar-refractivity contribution >= 4 is 12.3 Å². The summed E-state index contributed by atoms with van der Waals surface area (Å²) in [6.45, 7) is 7.46. The van der Waals surface area contributed by atoms with Crippen molar-refractivity contribution in [2.75, 3.05) is 19.7 Å². The van der Waals surface area contributed by atoms with Gasteiger partial charge in [-0.2, -0.15) is 0 Å². The Morgan fingerprint density at radius 3 is 2.92 bits per heavy atom. The number of hydrogen-bond acceptors (Lipinski definition) is 4. The Bertz CT molecular complexity index is 172. The summed E-state index contributed by atoms with van der Waals surface area (Å²) in [4.78, 5) is 14.1. The normalized spacial score (nSPS) is 12.4. The van der Waals surface area contributed by atoms with E-state index in [4.69, 9.17) is 0 Å². The zero-order chi connectivity index (χ0) is 9.94. The van der Waals surface area contributed by atoms with Crippen LogP contribution in [0, 0.1) is 0 Å². The second kappa shape index (κ2) is 8.77. The van der Waals surface area contributed by atoms with Gasteiger partial charge in [-0.1, -0.05) is 19.6 Å². The molecule has 0 unspecified atom stereocenters. The molecule has 1 aliphatic rings. The van der Waals surface area contributed by atoms with E-state index in [0.29, 0.717) is 13.0 Å². The molecule has 0 amide bonds. The van der Waals surface area contributed by atoms with Crippen molar-refractivity contribution in [1.82, 2.24) is 5.32 Å². The monoisotopic (exact) mass is 184 g/mol. The lowest BCUT2D eigenvalue weighted by molar-refractivity contribution is -0.141. The number of carbonyl (C=O) groups excluding carboxylic acids is 1. The number of ether oxygens (including phenoxy) is 1. The molecule has 0 saturated heterocycles. The standard InChI is InChI=1S/C6H10O2.C3H6N2/c1-3-5-8-6(7)4-2;1-2-5-3-4-1/h3H,1,4-5H2,2H3;3H,1-2H2,(H,4,5). The first-order chi connectivity index (χ1) is 6.31. The van der Waals surface area contributed by atoms with Crippen LogP contribution in [0.15, 0.2) is 17.6 Å². The molecule has 0 spiro atoms. The zero-order valence-corrected chi connectivity index (χ0v) is 7.95. The van der Waals surface area contributed by atoms with Gasteiger partial charge in [0.05, 0.1) is 12.9 Å². The van der Waals surface area contributed by atoms with Crippen LogP contribution < -0.4 is 5.32 Å². The van der Waals surface area contributed by atoms with E-state index in [2.05, 4.69) is 21.6 Å². The molecule has 1 N–H and O–H groups in total. The van der Waals surface area contributed by atoms with E-state index in [9.17, 15) is 4.79 Å². The van der Waals surface area contributed by atoms with E-state index in [0.717, 1.165) is 13.1 Å². The third-order valence-electron chi connectivity index (χ3n) is 1.22. The van der Waals surface area contributed by atoms with Crippen molar-refractivity contribution in [3.05, 3.63) is 12.7 Å². The van der Waals surface area contributed by atoms with Crippen LogP contribution in [0.3, 0.4) is 0 Å². The van der Waals surface area contributed by atoms with E-state index in [1.54, 1.807) is 19.3 Å². The molecule has 0 atom stereocenters. The lowest BCUT2D eigenvalue weighted by Crippen LogP contribution is -2.04. The van der Waals surface area contributed by atoms with Gasteiger partial charge in [0, 0.05) is 13.0 Å². The summed E-state index contributed by atoms with van der Waals surface area (Å²) in [6, 6.07) is 0. The number of aliphatic imine (C=N–C) groups is 1. The third-order valence-corrected chi connectivity index (χ3v) is 1.22. The SMILES string of the molecule is C1=NCCN1.C=CCOC(=O)CC. The van der Waals surface area contributed by atoms with E-state index >= 15 is 0 Å². The average molecular weight is 184 g/mol. The fourth-order valence-electron chi connectivity index (χ4n) is 0.577. The molecule has 4 heteroatoms. The van der Waals surface area contributed by atoms with E-state index in [1.165, 1.54) is 0 Å². The second-order valence-corrected chi connectivity index (χ2v) is 2.31. The van der Waals surface area contributed by atoms with Crippen molar-refractivity contribution < 1.29 is 9.53 Å². The molecule has 0 fully saturated rings. The summed E-state index contributed by atoms with van der Waals surface area (Å²) < 4.78 is 4.58. The molecule has 13 heavy (non-hydrogen) atoms. The summed E-state index contributed by atoms with van der Waals surface area (Å²) in [5.41, 5.74) is 0. The number of rotatable bonds is 3. The van der Waals surface area contributed by atoms with Gasteiger partial charge in [0.1, 0.15) is 6.61 Å². The Hall–Kier alpha value is -1.32. The third kappa shape index (κ3) is 8.59. The van der Waals surface area contributed by atoms with Crippen molar-refractivity contribution in [3.8, 4) is 0 Å². The molecule has 0 bridgehead atoms. The maximum atomic E-state index is 10.3. The molecule has 1 aliphatic heterocycles. The summed E-state index contributed by atoms with van der Waals surface area (Å²) in [5.74, 6) is -0.176. The van der Waals surface area contributed by atoms with E-state index in [-0.39, 0.29) is 5.97 Å². The Labute approximate surface area is 78.7 Å². The van der Waals surface area contributed by atoms with Crippen LogP contribution in [0.25, 0.3) is 0 Å². The second-order valence-electron chi connectivity index (χ2n) is 2.31. The fraction of sp³-hybridized carbons (Fsp3) is 0.556. The topological polar surface area (TPSA) is 50.7 Å². The smallest absolute Gasteiger partial charge is 0.305 e. The Morgan fingerprint density at radius 2 is 2.62 bits per heavy atom. The summed E-state index contributed by atoms with van der Waals surface area (Å²) >= 11 is 0. The minimum atomic E-state index is -0.176. The first kappa shape index (κ1) is 11.7. The Balaban J connectivity index is 0.000000243. The lowest BCUT2D eigenvalue weighted by Gasteiger charge is -1.94. The van der Waals surface area contributed by atoms with Gasteiger partial charge in [-0.3, -0.25) is 9.79 Å². The van der Waals surface area contributed by atoms with Gasteiger partial charge in [0.15, 0.2) is 0 Å². The van der Waals surface area contributed by atoms with Crippen LogP contribution in [-0.4, -0.2) is 32.0 Å². The zero-order valence-electron chi connectivity index (χ0n) is 7.95. The molecule has 0 aliphatic carbocycles. The van der Waals surface area contributed by atoms with E-state index in [1.807, 2.05) is 0 Å². The van der Waals surface area contributed by atoms with Gasteiger partial charge >= 0.3 is 5.97 Å². The molecule has 1 rings (SSSR count). The minimum Gasteiger partial charge on any atom is -0.461 e. The largest absolute Gasteiger partial charge is 0.461 e. The fourth-order valence-corrected chi connectivity index (χ4v) is 0.577. The minimum absolute atomic E-state index is 0.176. The number of carbonyl (C=O) groups is 1. The Kier molecular flexibility index (Phi) is 7.88. The molecule has 0 radical (unpaired) electrons. The highest BCUT2D eigenvalue weighted by atomic mass is 16.5. The highest BCUT2D eigenvalue weighted by Crippen LogP contribution is 1.82. The van der Waals surface area contributed by atoms with Crippen molar-refractivity contribution in [2.24, 2.45) is 4.99 Å². The average Bonchev–Trinajstić information content (AvgIpc) is 2.72. The predicted octanol–water partition coefficient (Wildman–Crippen LogP) is 0.743. The van der Waals surface area contributed by atoms with Crippen LogP contribution in [0.2, 0.25) is 0 Å². The number of hydrogen-bond donors (Lipinski definition) is 1. The van der Waals surface area contributed by atoms with Crippen LogP contribution in [0.5, 0.6) is 0 Å². The molecular weight excluding hydrogens is 168 g/mol. The Morgan fingerprint density at radius 1 is 1.85 bits per heavy atom. The molecule has 0 saturated carbocycles. The van der Waals surface area contributed by atoms with Crippen molar-refractivity contribution in [1.29, 1.82) is 0 Å². The molecule has 74 valence electrons. The highest BCUT2D eigenvalue weighted by Gasteiger charge is 1.92. The number of nitrogens with one attached hydrogen (secondary N) is 1. The highest BCUT2D eigenvalue weighted by molar-refractivity contribution is 5.68. The van der Waals surface area contributed by atoms with E-state index < -0.39 is 0 Å². The maximum absolute atomic E-state index is 10.3. The molecule has 1 heterocycles. The summed E-state index contributed by atoms with van der Waals surface area (Å²) in [5, 5.41) is 2.93. The van der Waals surface area contributed by atoms with Crippen LogP contribution >= 0.6 is 0 Å². The number of esters is 1. The summed E-state index contributed by atoms with van der Waals surface area (Å²) in [7, 11) is 0. The first-order valence-corrected chi connectivity index (χ1v) is 4.29. The lowest BCUT2D eigenvalue weighted by atomic mass is 10.5. The molecule has 0 aromatic rings. The van der Waals surface area contributed by atoms with Crippen LogP contribution in [0.4, 0.5) is 0 Å². The maximum Gasteiger partial charge on any atom is 0.305 e. The molecular formula is C9H16N2O2. The summed E-state index contributed by atoms with van der Waals surface area (Å²) in [6.07, 6.45) is 3.72. The van der Waals surface area contributed by atoms with Gasteiger partial charge < -0.3 is 10.1 Å². The first-order valence-electron chi connectivity index (χ1n) is 4.29. The quantitative estimate of drug-likeness (QED) is 0.520. The van der Waals surface area contributed by atoms with Crippen LogP contribution in [0.1, 0.15) is 13.3 Å².